The molecule has 2 N–H and O–H groups in total. The fourth-order valence-corrected chi connectivity index (χ4v) is 2.18. The lowest BCUT2D eigenvalue weighted by Crippen LogP contribution is -2.09. The van der Waals surface area contributed by atoms with Crippen molar-refractivity contribution < 1.29 is 9.59 Å². The highest BCUT2D eigenvalue weighted by Crippen LogP contribution is 2.16. The van der Waals surface area contributed by atoms with Crippen molar-refractivity contribution in [3.8, 4) is 0 Å². The van der Waals surface area contributed by atoms with Crippen molar-refractivity contribution >= 4 is 29.3 Å². The molecule has 2 aromatic rings. The topological polar surface area (TPSA) is 58.2 Å². The molecule has 2 aromatic carbocycles. The Hall–Kier alpha value is -2.88. The average molecular weight is 308 g/mol. The fourth-order valence-electron chi connectivity index (χ4n) is 2.18. The van der Waals surface area contributed by atoms with Crippen molar-refractivity contribution in [3.63, 3.8) is 0 Å². The van der Waals surface area contributed by atoms with E-state index in [2.05, 4.69) is 10.6 Å². The third kappa shape index (κ3) is 5.11. The number of anilines is 2. The van der Waals surface area contributed by atoms with Crippen molar-refractivity contribution in [1.29, 1.82) is 0 Å². The van der Waals surface area contributed by atoms with Gasteiger partial charge in [-0.1, -0.05) is 29.8 Å². The first kappa shape index (κ1) is 16.5. The van der Waals surface area contributed by atoms with Crippen LogP contribution in [0.25, 0.3) is 6.08 Å². The Bertz CT molecular complexity index is 746. The lowest BCUT2D eigenvalue weighted by Gasteiger charge is -2.07. The average Bonchev–Trinajstić information content (AvgIpc) is 2.49. The normalized spacial score (nSPS) is 10.6. The summed E-state index contributed by atoms with van der Waals surface area (Å²) in [6, 6.07) is 13.2. The fraction of sp³-hybridized carbons (Fsp3) is 0.158. The smallest absolute Gasteiger partial charge is 0.248 e. The van der Waals surface area contributed by atoms with Crippen molar-refractivity contribution in [2.75, 3.05) is 10.6 Å². The van der Waals surface area contributed by atoms with Gasteiger partial charge in [0.25, 0.3) is 0 Å². The zero-order valence-electron chi connectivity index (χ0n) is 13.5. The van der Waals surface area contributed by atoms with E-state index in [1.165, 1.54) is 13.0 Å². The highest BCUT2D eigenvalue weighted by Gasteiger charge is 2.01. The van der Waals surface area contributed by atoms with Crippen LogP contribution < -0.4 is 10.6 Å². The molecule has 0 saturated carbocycles. The predicted octanol–water partition coefficient (Wildman–Crippen LogP) is 3.91. The molecule has 0 heterocycles. The minimum Gasteiger partial charge on any atom is -0.326 e. The van der Waals surface area contributed by atoms with Crippen LogP contribution in [0, 0.1) is 13.8 Å². The monoisotopic (exact) mass is 308 g/mol. The van der Waals surface area contributed by atoms with Gasteiger partial charge >= 0.3 is 0 Å². The molecule has 0 spiro atoms. The molecule has 0 aromatic heterocycles. The summed E-state index contributed by atoms with van der Waals surface area (Å²) in [5.41, 5.74) is 4.62. The summed E-state index contributed by atoms with van der Waals surface area (Å²) < 4.78 is 0. The summed E-state index contributed by atoms with van der Waals surface area (Å²) in [5.74, 6) is -0.288. The van der Waals surface area contributed by atoms with Crippen LogP contribution in [-0.4, -0.2) is 11.8 Å². The minimum atomic E-state index is -0.178. The number of aryl methyl sites for hydroxylation is 2. The highest BCUT2D eigenvalue weighted by molar-refractivity contribution is 6.02. The summed E-state index contributed by atoms with van der Waals surface area (Å²) in [5, 5.41) is 5.56. The first-order valence-electron chi connectivity index (χ1n) is 7.38. The van der Waals surface area contributed by atoms with Crippen LogP contribution in [0.15, 0.2) is 48.5 Å². The molecule has 0 unspecified atom stereocenters. The summed E-state index contributed by atoms with van der Waals surface area (Å²) >= 11 is 0. The van der Waals surface area contributed by atoms with E-state index in [0.29, 0.717) is 0 Å². The number of hydrogen-bond donors (Lipinski definition) is 2. The molecule has 0 fully saturated rings. The number of amides is 2. The molecule has 23 heavy (non-hydrogen) atoms. The summed E-state index contributed by atoms with van der Waals surface area (Å²) in [6.07, 6.45) is 3.23. The molecule has 0 aliphatic rings. The lowest BCUT2D eigenvalue weighted by atomic mass is 10.1. The summed E-state index contributed by atoms with van der Waals surface area (Å²) in [4.78, 5) is 22.9. The molecule has 0 aliphatic heterocycles. The van der Waals surface area contributed by atoms with Gasteiger partial charge in [-0.2, -0.15) is 0 Å². The van der Waals surface area contributed by atoms with Crippen LogP contribution in [0.2, 0.25) is 0 Å². The van der Waals surface area contributed by atoms with Crippen molar-refractivity contribution in [2.24, 2.45) is 0 Å². The third-order valence-electron chi connectivity index (χ3n) is 3.30. The van der Waals surface area contributed by atoms with E-state index in [4.69, 9.17) is 0 Å². The zero-order valence-corrected chi connectivity index (χ0v) is 13.5. The SMILES string of the molecule is CC(=O)Nc1ccc(/C=C/C(=O)Nc2ccc(C)cc2C)cc1. The summed E-state index contributed by atoms with van der Waals surface area (Å²) in [7, 11) is 0. The highest BCUT2D eigenvalue weighted by atomic mass is 16.2. The van der Waals surface area contributed by atoms with Crippen molar-refractivity contribution in [2.45, 2.75) is 20.8 Å². The number of nitrogens with one attached hydrogen (secondary N) is 2. The van der Waals surface area contributed by atoms with Gasteiger partial charge in [0.05, 0.1) is 0 Å². The van der Waals surface area contributed by atoms with E-state index in [9.17, 15) is 9.59 Å². The van der Waals surface area contributed by atoms with Gasteiger partial charge in [-0.3, -0.25) is 9.59 Å². The van der Waals surface area contributed by atoms with E-state index in [1.54, 1.807) is 18.2 Å². The Morgan fingerprint density at radius 3 is 2.26 bits per heavy atom. The van der Waals surface area contributed by atoms with Gasteiger partial charge in [0.15, 0.2) is 0 Å². The number of rotatable bonds is 4. The molecular formula is C19H20N2O2. The Balaban J connectivity index is 1.99. The predicted molar refractivity (Wildman–Crippen MR) is 94.3 cm³/mol. The van der Waals surface area contributed by atoms with E-state index < -0.39 is 0 Å². The maximum absolute atomic E-state index is 12.0. The quantitative estimate of drug-likeness (QED) is 0.841. The maximum atomic E-state index is 12.0. The molecule has 0 aliphatic carbocycles. The maximum Gasteiger partial charge on any atom is 0.248 e. The number of carbonyl (C=O) groups excluding carboxylic acids is 2. The molecule has 4 heteroatoms. The zero-order chi connectivity index (χ0) is 16.8. The number of benzene rings is 2. The molecule has 0 radical (unpaired) electrons. The van der Waals surface area contributed by atoms with E-state index in [-0.39, 0.29) is 11.8 Å². The second-order valence-electron chi connectivity index (χ2n) is 5.44. The Labute approximate surface area is 136 Å². The van der Waals surface area contributed by atoms with Crippen molar-refractivity contribution in [1.82, 2.24) is 0 Å². The molecule has 4 nitrogen and oxygen atoms in total. The molecule has 2 amide bonds. The lowest BCUT2D eigenvalue weighted by molar-refractivity contribution is -0.114. The van der Waals surface area contributed by atoms with Crippen LogP contribution in [-0.2, 0) is 9.59 Å². The van der Waals surface area contributed by atoms with Gasteiger partial charge in [0.2, 0.25) is 11.8 Å². The molecular weight excluding hydrogens is 288 g/mol. The summed E-state index contributed by atoms with van der Waals surface area (Å²) in [6.45, 7) is 5.45. The second-order valence-corrected chi connectivity index (χ2v) is 5.44. The number of hydrogen-bond acceptors (Lipinski definition) is 2. The van der Waals surface area contributed by atoms with Gasteiger partial charge in [-0.25, -0.2) is 0 Å². The van der Waals surface area contributed by atoms with Gasteiger partial charge in [0, 0.05) is 24.4 Å². The standard InChI is InChI=1S/C19H20N2O2/c1-13-4-10-18(14(2)12-13)21-19(23)11-7-16-5-8-17(9-6-16)20-15(3)22/h4-12H,1-3H3,(H,20,22)(H,21,23)/b11-7+. The molecule has 0 atom stereocenters. The van der Waals surface area contributed by atoms with Crippen LogP contribution in [0.3, 0.4) is 0 Å². The first-order valence-corrected chi connectivity index (χ1v) is 7.38. The Kier molecular flexibility index (Phi) is 5.31. The van der Waals surface area contributed by atoms with Crippen LogP contribution >= 0.6 is 0 Å². The van der Waals surface area contributed by atoms with Crippen LogP contribution in [0.1, 0.15) is 23.6 Å². The van der Waals surface area contributed by atoms with Gasteiger partial charge in [-0.05, 0) is 49.2 Å². The van der Waals surface area contributed by atoms with Gasteiger partial charge in [0.1, 0.15) is 0 Å². The Morgan fingerprint density at radius 2 is 1.65 bits per heavy atom. The third-order valence-corrected chi connectivity index (χ3v) is 3.30. The van der Waals surface area contributed by atoms with Crippen LogP contribution in [0.4, 0.5) is 11.4 Å². The van der Waals surface area contributed by atoms with Crippen molar-refractivity contribution in [3.05, 3.63) is 65.2 Å². The first-order chi connectivity index (χ1) is 10.9. The Morgan fingerprint density at radius 1 is 0.957 bits per heavy atom. The van der Waals surface area contributed by atoms with E-state index in [1.807, 2.05) is 44.2 Å². The molecule has 118 valence electrons. The van der Waals surface area contributed by atoms with E-state index >= 15 is 0 Å². The number of carbonyl (C=O) groups is 2. The molecule has 2 rings (SSSR count). The minimum absolute atomic E-state index is 0.110. The van der Waals surface area contributed by atoms with Gasteiger partial charge < -0.3 is 10.6 Å². The van der Waals surface area contributed by atoms with Gasteiger partial charge in [-0.15, -0.1) is 0 Å². The van der Waals surface area contributed by atoms with E-state index in [0.717, 1.165) is 28.1 Å². The molecule has 0 bridgehead atoms. The second kappa shape index (κ2) is 7.40. The molecule has 0 saturated heterocycles. The largest absolute Gasteiger partial charge is 0.326 e. The van der Waals surface area contributed by atoms with Crippen LogP contribution in [0.5, 0.6) is 0 Å².